The summed E-state index contributed by atoms with van der Waals surface area (Å²) >= 11 is 5.50. The highest BCUT2D eigenvalue weighted by molar-refractivity contribution is 7.89. The van der Waals surface area contributed by atoms with Gasteiger partial charge < -0.3 is 4.74 Å². The van der Waals surface area contributed by atoms with Crippen molar-refractivity contribution in [3.8, 4) is 5.75 Å². The van der Waals surface area contributed by atoms with E-state index in [9.17, 15) is 13.2 Å². The normalized spacial score (nSPS) is 15.0. The van der Waals surface area contributed by atoms with E-state index in [0.717, 1.165) is 29.7 Å². The monoisotopic (exact) mass is 359 g/mol. The van der Waals surface area contributed by atoms with Crippen LogP contribution in [0.2, 0.25) is 0 Å². The van der Waals surface area contributed by atoms with E-state index in [-0.39, 0.29) is 4.90 Å². The van der Waals surface area contributed by atoms with Crippen LogP contribution in [-0.2, 0) is 21.2 Å². The van der Waals surface area contributed by atoms with Gasteiger partial charge in [0.1, 0.15) is 11.3 Å². The van der Waals surface area contributed by atoms with Crippen molar-refractivity contribution >= 4 is 26.9 Å². The zero-order chi connectivity index (χ0) is 17.6. The predicted octanol–water partition coefficient (Wildman–Crippen LogP) is 2.76. The number of fused-ring (bicyclic) bond motifs is 1. The molecule has 1 N–H and O–H groups in total. The van der Waals surface area contributed by atoms with Crippen molar-refractivity contribution in [2.45, 2.75) is 57.9 Å². The van der Waals surface area contributed by atoms with E-state index in [1.54, 1.807) is 13.8 Å². The molecule has 1 aromatic rings. The lowest BCUT2D eigenvalue weighted by Crippen LogP contribution is -2.48. The highest BCUT2D eigenvalue weighted by Gasteiger charge is 2.35. The summed E-state index contributed by atoms with van der Waals surface area (Å²) in [5.41, 5.74) is 1.68. The van der Waals surface area contributed by atoms with Crippen LogP contribution >= 0.6 is 11.6 Å². The second-order valence-corrected chi connectivity index (χ2v) is 8.43. The Morgan fingerprint density at radius 3 is 2.35 bits per heavy atom. The Labute approximate surface area is 142 Å². The number of benzene rings is 1. The van der Waals surface area contributed by atoms with Crippen molar-refractivity contribution in [1.82, 2.24) is 4.72 Å². The molecule has 2 rings (SSSR count). The first-order chi connectivity index (χ1) is 10.5. The smallest absolute Gasteiger partial charge is 0.242 e. The van der Waals surface area contributed by atoms with Crippen LogP contribution in [0, 0.1) is 20.8 Å². The number of carbonyl (C=O) groups is 1. The standard InChI is InChI=1S/C16H22ClNO4S/c1-9-10(2)14(11(3)12-7-6-8-22-13(9)12)23(20,21)18-16(4,5)15(17)19/h18H,6-8H2,1-5H3. The second-order valence-electron chi connectivity index (χ2n) is 6.47. The van der Waals surface area contributed by atoms with Crippen molar-refractivity contribution in [1.29, 1.82) is 0 Å². The van der Waals surface area contributed by atoms with Crippen LogP contribution in [0.5, 0.6) is 5.75 Å². The summed E-state index contributed by atoms with van der Waals surface area (Å²) in [5.74, 6) is 0.790. The van der Waals surface area contributed by atoms with E-state index in [2.05, 4.69) is 4.72 Å². The average molecular weight is 360 g/mol. The molecule has 0 spiro atoms. The van der Waals surface area contributed by atoms with Gasteiger partial charge in [0.05, 0.1) is 11.5 Å². The van der Waals surface area contributed by atoms with Crippen molar-refractivity contribution < 1.29 is 17.9 Å². The van der Waals surface area contributed by atoms with E-state index >= 15 is 0 Å². The van der Waals surface area contributed by atoms with Gasteiger partial charge in [-0.05, 0) is 81.3 Å². The summed E-state index contributed by atoms with van der Waals surface area (Å²) < 4.78 is 33.9. The van der Waals surface area contributed by atoms with Crippen molar-refractivity contribution in [3.63, 3.8) is 0 Å². The third-order valence-electron chi connectivity index (χ3n) is 4.28. The largest absolute Gasteiger partial charge is 0.493 e. The molecule has 0 saturated heterocycles. The first-order valence-electron chi connectivity index (χ1n) is 7.48. The van der Waals surface area contributed by atoms with Crippen LogP contribution in [-0.4, -0.2) is 25.8 Å². The number of hydrogen-bond acceptors (Lipinski definition) is 4. The minimum Gasteiger partial charge on any atom is -0.493 e. The first-order valence-corrected chi connectivity index (χ1v) is 9.34. The maximum Gasteiger partial charge on any atom is 0.242 e. The van der Waals surface area contributed by atoms with Crippen molar-refractivity contribution in [2.24, 2.45) is 0 Å². The van der Waals surface area contributed by atoms with E-state index in [1.165, 1.54) is 13.8 Å². The van der Waals surface area contributed by atoms with Crippen LogP contribution in [0.3, 0.4) is 0 Å². The van der Waals surface area contributed by atoms with E-state index < -0.39 is 20.8 Å². The molecular weight excluding hydrogens is 338 g/mol. The van der Waals surface area contributed by atoms with Gasteiger partial charge >= 0.3 is 0 Å². The molecule has 0 amide bonds. The molecule has 0 fully saturated rings. The molecule has 0 aliphatic carbocycles. The van der Waals surface area contributed by atoms with E-state index in [4.69, 9.17) is 16.3 Å². The van der Waals surface area contributed by atoms with Crippen LogP contribution < -0.4 is 9.46 Å². The van der Waals surface area contributed by atoms with Crippen LogP contribution in [0.25, 0.3) is 0 Å². The zero-order valence-corrected chi connectivity index (χ0v) is 15.6. The number of nitrogens with one attached hydrogen (secondary N) is 1. The highest BCUT2D eigenvalue weighted by atomic mass is 35.5. The molecule has 5 nitrogen and oxygen atoms in total. The fourth-order valence-electron chi connectivity index (χ4n) is 2.91. The minimum absolute atomic E-state index is 0.213. The maximum atomic E-state index is 12.9. The van der Waals surface area contributed by atoms with E-state index in [1.807, 2.05) is 6.92 Å². The number of hydrogen-bond donors (Lipinski definition) is 1. The predicted molar refractivity (Wildman–Crippen MR) is 89.7 cm³/mol. The molecule has 1 heterocycles. The number of ether oxygens (including phenoxy) is 1. The molecule has 1 aliphatic heterocycles. The Morgan fingerprint density at radius 2 is 1.78 bits per heavy atom. The molecule has 1 aromatic carbocycles. The fourth-order valence-corrected chi connectivity index (χ4v) is 4.96. The molecule has 128 valence electrons. The minimum atomic E-state index is -3.89. The number of halogens is 1. The molecule has 0 radical (unpaired) electrons. The summed E-state index contributed by atoms with van der Waals surface area (Å²) in [6.07, 6.45) is 1.64. The SMILES string of the molecule is Cc1c(C)c(S(=O)(=O)NC(C)(C)C(=O)Cl)c(C)c2c1OCCC2. The van der Waals surface area contributed by atoms with Crippen LogP contribution in [0.4, 0.5) is 0 Å². The Morgan fingerprint density at radius 1 is 1.17 bits per heavy atom. The summed E-state index contributed by atoms with van der Waals surface area (Å²) in [7, 11) is -3.89. The van der Waals surface area contributed by atoms with Gasteiger partial charge in [-0.1, -0.05) is 0 Å². The van der Waals surface area contributed by atoms with Gasteiger partial charge in [-0.3, -0.25) is 4.79 Å². The van der Waals surface area contributed by atoms with Crippen molar-refractivity contribution in [2.75, 3.05) is 6.61 Å². The Balaban J connectivity index is 2.64. The van der Waals surface area contributed by atoms with Crippen LogP contribution in [0.15, 0.2) is 4.90 Å². The molecule has 0 bridgehead atoms. The first kappa shape index (κ1) is 18.2. The molecular formula is C16H22ClNO4S. The second kappa shape index (κ2) is 6.07. The fraction of sp³-hybridized carbons (Fsp3) is 0.562. The average Bonchev–Trinajstić information content (AvgIpc) is 2.43. The topological polar surface area (TPSA) is 72.5 Å². The van der Waals surface area contributed by atoms with Crippen LogP contribution in [0.1, 0.15) is 42.5 Å². The lowest BCUT2D eigenvalue weighted by molar-refractivity contribution is -0.115. The van der Waals surface area contributed by atoms with Crippen molar-refractivity contribution in [3.05, 3.63) is 22.3 Å². The van der Waals surface area contributed by atoms with Gasteiger partial charge in [-0.2, -0.15) is 4.72 Å². The Hall–Kier alpha value is -1.11. The van der Waals surface area contributed by atoms with E-state index in [0.29, 0.717) is 17.7 Å². The number of carbonyl (C=O) groups excluding carboxylic acids is 1. The van der Waals surface area contributed by atoms with Gasteiger partial charge in [0, 0.05) is 0 Å². The third-order valence-corrected chi connectivity index (χ3v) is 6.68. The highest BCUT2D eigenvalue weighted by Crippen LogP contribution is 2.38. The summed E-state index contributed by atoms with van der Waals surface area (Å²) in [5, 5.41) is -0.755. The summed E-state index contributed by atoms with van der Waals surface area (Å²) in [6.45, 7) is 8.92. The summed E-state index contributed by atoms with van der Waals surface area (Å²) in [6, 6.07) is 0. The molecule has 23 heavy (non-hydrogen) atoms. The van der Waals surface area contributed by atoms with Gasteiger partial charge in [0.15, 0.2) is 0 Å². The molecule has 7 heteroatoms. The lowest BCUT2D eigenvalue weighted by Gasteiger charge is -2.27. The zero-order valence-electron chi connectivity index (χ0n) is 14.0. The lowest BCUT2D eigenvalue weighted by atomic mass is 9.94. The molecule has 1 aliphatic rings. The Kier molecular flexibility index (Phi) is 4.81. The third kappa shape index (κ3) is 3.25. The van der Waals surface area contributed by atoms with Gasteiger partial charge in [0.25, 0.3) is 0 Å². The summed E-state index contributed by atoms with van der Waals surface area (Å²) in [4.78, 5) is 11.7. The molecule has 0 aromatic heterocycles. The molecule has 0 saturated carbocycles. The number of rotatable bonds is 4. The maximum absolute atomic E-state index is 12.9. The number of sulfonamides is 1. The molecule has 0 unspecified atom stereocenters. The van der Waals surface area contributed by atoms with Gasteiger partial charge in [-0.25, -0.2) is 8.42 Å². The van der Waals surface area contributed by atoms with Gasteiger partial charge in [0.2, 0.25) is 15.3 Å². The quantitative estimate of drug-likeness (QED) is 0.839. The molecule has 0 atom stereocenters. The van der Waals surface area contributed by atoms with Gasteiger partial charge in [-0.15, -0.1) is 0 Å². The Bertz CT molecular complexity index is 769.